The van der Waals surface area contributed by atoms with Gasteiger partial charge in [-0.3, -0.25) is 4.79 Å². The molecule has 0 unspecified atom stereocenters. The third-order valence-electron chi connectivity index (χ3n) is 3.48. The van der Waals surface area contributed by atoms with Gasteiger partial charge in [-0.25, -0.2) is 13.8 Å². The van der Waals surface area contributed by atoms with Crippen LogP contribution < -0.4 is 10.6 Å². The minimum Gasteiger partial charge on any atom is -0.368 e. The number of aryl methyl sites for hydroxylation is 1. The van der Waals surface area contributed by atoms with Crippen molar-refractivity contribution in [1.29, 1.82) is 0 Å². The average Bonchev–Trinajstić information content (AvgIpc) is 2.59. The van der Waals surface area contributed by atoms with Gasteiger partial charge in [0.05, 0.1) is 5.56 Å². The van der Waals surface area contributed by atoms with Crippen LogP contribution in [-0.2, 0) is 17.4 Å². The second-order valence-corrected chi connectivity index (χ2v) is 5.42. The first-order chi connectivity index (χ1) is 12.3. The van der Waals surface area contributed by atoms with Crippen LogP contribution in [0, 0.1) is 11.6 Å². The van der Waals surface area contributed by atoms with Gasteiger partial charge in [0.15, 0.2) is 11.6 Å². The molecule has 0 fully saturated rings. The Morgan fingerprint density at radius 3 is 2.54 bits per heavy atom. The maximum absolute atomic E-state index is 13.1. The highest BCUT2D eigenvalue weighted by Gasteiger charge is 2.33. The zero-order valence-corrected chi connectivity index (χ0v) is 13.5. The Morgan fingerprint density at radius 1 is 1.08 bits per heavy atom. The normalized spacial score (nSPS) is 11.3. The Kier molecular flexibility index (Phi) is 6.48. The van der Waals surface area contributed by atoms with E-state index in [0.717, 1.165) is 18.2 Å². The lowest BCUT2D eigenvalue weighted by molar-refractivity contribution is -0.137. The van der Waals surface area contributed by atoms with E-state index >= 15 is 0 Å². The number of hydrogen-bond donors (Lipinski definition) is 2. The van der Waals surface area contributed by atoms with Gasteiger partial charge < -0.3 is 10.6 Å². The van der Waals surface area contributed by atoms with Crippen LogP contribution in [-0.4, -0.2) is 24.0 Å². The maximum atomic E-state index is 13.1. The Morgan fingerprint density at radius 2 is 1.85 bits per heavy atom. The molecule has 0 bridgehead atoms. The molecular weight excluding hydrogens is 357 g/mol. The van der Waals surface area contributed by atoms with E-state index in [9.17, 15) is 26.7 Å². The molecule has 0 atom stereocenters. The smallest absolute Gasteiger partial charge is 0.368 e. The number of pyridine rings is 1. The first kappa shape index (κ1) is 19.6. The van der Waals surface area contributed by atoms with Crippen molar-refractivity contribution < 1.29 is 26.7 Å². The van der Waals surface area contributed by atoms with Gasteiger partial charge in [0.25, 0.3) is 0 Å². The van der Waals surface area contributed by atoms with Crippen molar-refractivity contribution in [2.24, 2.45) is 0 Å². The molecule has 2 rings (SSSR count). The van der Waals surface area contributed by atoms with Gasteiger partial charge in [0.2, 0.25) is 5.91 Å². The average molecular weight is 373 g/mol. The van der Waals surface area contributed by atoms with E-state index in [-0.39, 0.29) is 37.7 Å². The largest absolute Gasteiger partial charge is 0.419 e. The molecule has 1 aromatic carbocycles. The zero-order valence-electron chi connectivity index (χ0n) is 13.5. The number of halogens is 5. The lowest BCUT2D eigenvalue weighted by atomic mass is 10.1. The highest BCUT2D eigenvalue weighted by atomic mass is 19.4. The third kappa shape index (κ3) is 5.68. The Labute approximate surface area is 146 Å². The van der Waals surface area contributed by atoms with Crippen LogP contribution in [0.2, 0.25) is 0 Å². The van der Waals surface area contributed by atoms with Crippen LogP contribution in [0.4, 0.5) is 27.8 Å². The van der Waals surface area contributed by atoms with E-state index in [1.165, 1.54) is 18.3 Å². The predicted octanol–water partition coefficient (Wildman–Crippen LogP) is 3.54. The van der Waals surface area contributed by atoms with Crippen molar-refractivity contribution >= 4 is 11.7 Å². The van der Waals surface area contributed by atoms with Crippen LogP contribution in [0.15, 0.2) is 36.5 Å². The van der Waals surface area contributed by atoms with Gasteiger partial charge in [-0.2, -0.15) is 13.2 Å². The number of alkyl halides is 3. The molecule has 1 amide bonds. The van der Waals surface area contributed by atoms with Gasteiger partial charge in [-0.1, -0.05) is 6.07 Å². The Hall–Kier alpha value is -2.71. The van der Waals surface area contributed by atoms with Crippen LogP contribution in [0.3, 0.4) is 0 Å². The molecule has 0 saturated heterocycles. The Bertz CT molecular complexity index is 764. The number of amides is 1. The summed E-state index contributed by atoms with van der Waals surface area (Å²) in [6.45, 7) is 0.140. The number of nitrogens with zero attached hydrogens (tertiary/aromatic N) is 1. The van der Waals surface area contributed by atoms with Crippen molar-refractivity contribution in [2.75, 3.05) is 18.4 Å². The molecule has 0 radical (unpaired) electrons. The lowest BCUT2D eigenvalue weighted by Crippen LogP contribution is -2.29. The van der Waals surface area contributed by atoms with Crippen LogP contribution in [0.5, 0.6) is 0 Å². The second kappa shape index (κ2) is 8.59. The fourth-order valence-corrected chi connectivity index (χ4v) is 2.20. The maximum Gasteiger partial charge on any atom is 0.419 e. The Balaban J connectivity index is 1.75. The first-order valence-electron chi connectivity index (χ1n) is 7.74. The molecule has 1 aromatic heterocycles. The number of carbonyl (C=O) groups excluding carboxylic acids is 1. The molecular formula is C17H16F5N3O. The molecule has 2 aromatic rings. The van der Waals surface area contributed by atoms with E-state index in [0.29, 0.717) is 5.56 Å². The van der Waals surface area contributed by atoms with Crippen molar-refractivity contribution in [1.82, 2.24) is 10.3 Å². The number of benzene rings is 1. The summed E-state index contributed by atoms with van der Waals surface area (Å²) in [6, 6.07) is 5.48. The number of rotatable bonds is 7. The molecule has 0 aliphatic rings. The molecule has 0 aliphatic heterocycles. The van der Waals surface area contributed by atoms with Crippen molar-refractivity contribution in [3.8, 4) is 0 Å². The minimum atomic E-state index is -4.52. The molecule has 9 heteroatoms. The monoisotopic (exact) mass is 373 g/mol. The summed E-state index contributed by atoms with van der Waals surface area (Å²) >= 11 is 0. The quantitative estimate of drug-likeness (QED) is 0.577. The summed E-state index contributed by atoms with van der Waals surface area (Å²) in [7, 11) is 0. The van der Waals surface area contributed by atoms with Crippen molar-refractivity contribution in [2.45, 2.75) is 19.0 Å². The van der Waals surface area contributed by atoms with E-state index in [1.807, 2.05) is 0 Å². The summed E-state index contributed by atoms with van der Waals surface area (Å²) < 4.78 is 64.3. The molecule has 0 spiro atoms. The molecule has 140 valence electrons. The van der Waals surface area contributed by atoms with E-state index < -0.39 is 23.4 Å². The van der Waals surface area contributed by atoms with E-state index in [4.69, 9.17) is 0 Å². The van der Waals surface area contributed by atoms with Gasteiger partial charge in [0, 0.05) is 25.7 Å². The fraction of sp³-hybridized carbons (Fsp3) is 0.294. The van der Waals surface area contributed by atoms with E-state index in [2.05, 4.69) is 15.6 Å². The topological polar surface area (TPSA) is 54.0 Å². The van der Waals surface area contributed by atoms with Crippen LogP contribution in [0.25, 0.3) is 0 Å². The second-order valence-electron chi connectivity index (χ2n) is 5.42. The highest BCUT2D eigenvalue weighted by molar-refractivity contribution is 5.76. The lowest BCUT2D eigenvalue weighted by Gasteiger charge is -2.13. The molecule has 4 nitrogen and oxygen atoms in total. The third-order valence-corrected chi connectivity index (χ3v) is 3.48. The predicted molar refractivity (Wildman–Crippen MR) is 85.4 cm³/mol. The molecule has 2 N–H and O–H groups in total. The summed E-state index contributed by atoms with van der Waals surface area (Å²) in [4.78, 5) is 15.3. The minimum absolute atomic E-state index is 0.0441. The number of aromatic nitrogens is 1. The summed E-state index contributed by atoms with van der Waals surface area (Å²) in [6.07, 6.45) is -3.03. The first-order valence-corrected chi connectivity index (χ1v) is 7.74. The summed E-state index contributed by atoms with van der Waals surface area (Å²) in [5, 5.41) is 5.05. The molecule has 26 heavy (non-hydrogen) atoms. The highest BCUT2D eigenvalue weighted by Crippen LogP contribution is 2.33. The van der Waals surface area contributed by atoms with Crippen LogP contribution >= 0.6 is 0 Å². The van der Waals surface area contributed by atoms with Gasteiger partial charge in [-0.15, -0.1) is 0 Å². The number of nitrogens with one attached hydrogen (secondary N) is 2. The summed E-state index contributed by atoms with van der Waals surface area (Å²) in [5.74, 6) is -2.61. The fourth-order valence-electron chi connectivity index (χ4n) is 2.20. The molecule has 0 saturated carbocycles. The molecule has 1 heterocycles. The van der Waals surface area contributed by atoms with E-state index in [1.54, 1.807) is 0 Å². The SMILES string of the molecule is O=C(CCc1ccc(F)c(F)c1)NCCNc1ncccc1C(F)(F)F. The van der Waals surface area contributed by atoms with Gasteiger partial charge in [0.1, 0.15) is 5.82 Å². The van der Waals surface area contributed by atoms with Gasteiger partial charge in [-0.05, 0) is 36.2 Å². The number of hydrogen-bond acceptors (Lipinski definition) is 3. The summed E-state index contributed by atoms with van der Waals surface area (Å²) in [5.41, 5.74) is -0.412. The van der Waals surface area contributed by atoms with Crippen LogP contribution in [0.1, 0.15) is 17.5 Å². The molecule has 0 aliphatic carbocycles. The standard InChI is InChI=1S/C17H16F5N3O/c18-13-5-3-11(10-14(13)19)4-6-15(26)23-8-9-25-16-12(17(20,21)22)2-1-7-24-16/h1-3,5,7,10H,4,6,8-9H2,(H,23,26)(H,24,25). The number of anilines is 1. The zero-order chi connectivity index (χ0) is 19.2. The number of carbonyl (C=O) groups is 1. The van der Waals surface area contributed by atoms with Crippen molar-refractivity contribution in [3.63, 3.8) is 0 Å². The van der Waals surface area contributed by atoms with Gasteiger partial charge >= 0.3 is 6.18 Å². The van der Waals surface area contributed by atoms with Crippen molar-refractivity contribution in [3.05, 3.63) is 59.3 Å².